The summed E-state index contributed by atoms with van der Waals surface area (Å²) < 4.78 is 15.0. The van der Waals surface area contributed by atoms with Crippen molar-refractivity contribution < 1.29 is 28.9 Å². The number of anilines is 1. The predicted molar refractivity (Wildman–Crippen MR) is 91.4 cm³/mol. The molecule has 0 saturated heterocycles. The Kier molecular flexibility index (Phi) is 5.49. The molecule has 0 aliphatic heterocycles. The van der Waals surface area contributed by atoms with Crippen LogP contribution < -0.4 is 15.2 Å². The van der Waals surface area contributed by atoms with E-state index in [9.17, 15) is 14.7 Å². The van der Waals surface area contributed by atoms with Crippen LogP contribution in [0.25, 0.3) is 0 Å². The van der Waals surface area contributed by atoms with Crippen molar-refractivity contribution in [1.82, 2.24) is 0 Å². The van der Waals surface area contributed by atoms with E-state index in [0.29, 0.717) is 16.9 Å². The topological polar surface area (TPSA) is 108 Å². The fourth-order valence-electron chi connectivity index (χ4n) is 2.42. The van der Waals surface area contributed by atoms with Crippen LogP contribution in [-0.4, -0.2) is 38.2 Å². The molecule has 0 fully saturated rings. The van der Waals surface area contributed by atoms with Crippen LogP contribution in [0.15, 0.2) is 30.3 Å². The van der Waals surface area contributed by atoms with Crippen molar-refractivity contribution in [2.24, 2.45) is 0 Å². The fourth-order valence-corrected chi connectivity index (χ4v) is 2.42. The molecule has 2 aromatic rings. The molecule has 0 aliphatic rings. The number of phenolic OH excluding ortho intramolecular Hbond substituents is 1. The molecule has 7 heteroatoms. The molecule has 0 amide bonds. The van der Waals surface area contributed by atoms with E-state index < -0.39 is 5.97 Å². The molecule has 0 aromatic heterocycles. The maximum absolute atomic E-state index is 12.6. The second kappa shape index (κ2) is 7.57. The maximum atomic E-state index is 12.6. The Morgan fingerprint density at radius 2 is 1.80 bits per heavy atom. The number of esters is 1. The van der Waals surface area contributed by atoms with Gasteiger partial charge in [-0.15, -0.1) is 0 Å². The van der Waals surface area contributed by atoms with Gasteiger partial charge >= 0.3 is 5.97 Å². The van der Waals surface area contributed by atoms with E-state index in [1.54, 1.807) is 12.1 Å². The molecule has 25 heavy (non-hydrogen) atoms. The van der Waals surface area contributed by atoms with Crippen LogP contribution in [0.2, 0.25) is 0 Å². The molecule has 0 bridgehead atoms. The van der Waals surface area contributed by atoms with E-state index in [1.807, 2.05) is 0 Å². The van der Waals surface area contributed by atoms with Gasteiger partial charge in [-0.25, -0.2) is 4.79 Å². The summed E-state index contributed by atoms with van der Waals surface area (Å²) in [6.07, 6.45) is -0.00958. The summed E-state index contributed by atoms with van der Waals surface area (Å²) in [7, 11) is 4.07. The minimum absolute atomic E-state index is 0.00958. The maximum Gasteiger partial charge on any atom is 0.337 e. The molecule has 7 nitrogen and oxygen atoms in total. The number of hydrogen-bond acceptors (Lipinski definition) is 7. The number of carbonyl (C=O) groups excluding carboxylic acids is 2. The van der Waals surface area contributed by atoms with E-state index in [4.69, 9.17) is 15.2 Å². The molecule has 0 atom stereocenters. The first-order valence-corrected chi connectivity index (χ1v) is 7.36. The number of rotatable bonds is 6. The van der Waals surface area contributed by atoms with Crippen LogP contribution in [-0.2, 0) is 11.2 Å². The van der Waals surface area contributed by atoms with Gasteiger partial charge in [-0.1, -0.05) is 6.07 Å². The molecule has 2 rings (SSSR count). The van der Waals surface area contributed by atoms with E-state index in [0.717, 1.165) is 0 Å². The van der Waals surface area contributed by atoms with Crippen molar-refractivity contribution in [3.63, 3.8) is 0 Å². The number of nitrogen functional groups attached to an aromatic ring is 1. The summed E-state index contributed by atoms with van der Waals surface area (Å²) in [5, 5.41) is 9.94. The Bertz CT molecular complexity index is 815. The van der Waals surface area contributed by atoms with Crippen molar-refractivity contribution in [3.05, 3.63) is 47.0 Å². The molecule has 0 aliphatic carbocycles. The number of phenols is 1. The van der Waals surface area contributed by atoms with Gasteiger partial charge in [-0.2, -0.15) is 0 Å². The lowest BCUT2D eigenvalue weighted by Gasteiger charge is -2.13. The molecule has 132 valence electrons. The minimum atomic E-state index is -0.499. The third-order valence-electron chi connectivity index (χ3n) is 3.73. The SMILES string of the molecule is COC(=O)c1ccc(CC(=O)c2ccc(N)c(O)c2OC)c(OC)c1. The third-order valence-corrected chi connectivity index (χ3v) is 3.73. The molecule has 3 N–H and O–H groups in total. The second-order valence-corrected chi connectivity index (χ2v) is 5.20. The zero-order valence-corrected chi connectivity index (χ0v) is 14.2. The average molecular weight is 345 g/mol. The molecule has 0 saturated carbocycles. The summed E-state index contributed by atoms with van der Waals surface area (Å²) in [4.78, 5) is 24.2. The van der Waals surface area contributed by atoms with E-state index in [1.165, 1.54) is 39.5 Å². The molecular formula is C18H19NO6. The summed E-state index contributed by atoms with van der Waals surface area (Å²) in [5.74, 6) is -0.663. The highest BCUT2D eigenvalue weighted by Crippen LogP contribution is 2.36. The van der Waals surface area contributed by atoms with E-state index >= 15 is 0 Å². The smallest absolute Gasteiger partial charge is 0.337 e. The first-order valence-electron chi connectivity index (χ1n) is 7.36. The lowest BCUT2D eigenvalue weighted by molar-refractivity contribution is 0.0600. The highest BCUT2D eigenvalue weighted by Gasteiger charge is 2.20. The van der Waals surface area contributed by atoms with Crippen LogP contribution in [0.4, 0.5) is 5.69 Å². The number of methoxy groups -OCH3 is 3. The lowest BCUT2D eigenvalue weighted by Crippen LogP contribution is -2.09. The normalized spacial score (nSPS) is 10.2. The van der Waals surface area contributed by atoms with E-state index in [-0.39, 0.29) is 35.0 Å². The summed E-state index contributed by atoms with van der Waals surface area (Å²) in [5.41, 5.74) is 6.84. The predicted octanol–water partition coefficient (Wildman–Crippen LogP) is 2.20. The number of ether oxygens (including phenoxy) is 3. The summed E-state index contributed by atoms with van der Waals surface area (Å²) in [6.45, 7) is 0. The monoisotopic (exact) mass is 345 g/mol. The van der Waals surface area contributed by atoms with Gasteiger partial charge in [0.1, 0.15) is 5.75 Å². The molecule has 0 spiro atoms. The van der Waals surface area contributed by atoms with Crippen LogP contribution in [0.1, 0.15) is 26.3 Å². The number of carbonyl (C=O) groups is 2. The summed E-state index contributed by atoms with van der Waals surface area (Å²) in [6, 6.07) is 7.60. The van der Waals surface area contributed by atoms with Gasteiger partial charge in [0.15, 0.2) is 17.3 Å². The van der Waals surface area contributed by atoms with Crippen molar-refractivity contribution in [3.8, 4) is 17.2 Å². The molecule has 0 radical (unpaired) electrons. The number of aromatic hydroxyl groups is 1. The largest absolute Gasteiger partial charge is 0.503 e. The first-order chi connectivity index (χ1) is 11.9. The van der Waals surface area contributed by atoms with Crippen molar-refractivity contribution in [1.29, 1.82) is 0 Å². The van der Waals surface area contributed by atoms with Crippen molar-refractivity contribution in [2.75, 3.05) is 27.1 Å². The zero-order valence-electron chi connectivity index (χ0n) is 14.2. The van der Waals surface area contributed by atoms with Crippen LogP contribution in [0, 0.1) is 0 Å². The Hall–Kier alpha value is -3.22. The van der Waals surface area contributed by atoms with Crippen molar-refractivity contribution in [2.45, 2.75) is 6.42 Å². The van der Waals surface area contributed by atoms with E-state index in [2.05, 4.69) is 4.74 Å². The summed E-state index contributed by atoms with van der Waals surface area (Å²) >= 11 is 0. The fraction of sp³-hybridized carbons (Fsp3) is 0.222. The van der Waals surface area contributed by atoms with Gasteiger partial charge in [0.2, 0.25) is 0 Å². The Balaban J connectivity index is 2.35. The van der Waals surface area contributed by atoms with Crippen molar-refractivity contribution >= 4 is 17.4 Å². The third kappa shape index (κ3) is 3.65. The lowest BCUT2D eigenvalue weighted by atomic mass is 9.99. The second-order valence-electron chi connectivity index (χ2n) is 5.20. The van der Waals surface area contributed by atoms with Crippen LogP contribution in [0.5, 0.6) is 17.2 Å². The molecule has 0 heterocycles. The highest BCUT2D eigenvalue weighted by atomic mass is 16.5. The molecule has 2 aromatic carbocycles. The standard InChI is InChI=1S/C18H19NO6/c1-23-15-9-11(18(22)25-3)5-4-10(15)8-14(20)12-6-7-13(19)16(21)17(12)24-2/h4-7,9,21H,8,19H2,1-3H3. The van der Waals surface area contributed by atoms with Gasteiger partial charge in [0.25, 0.3) is 0 Å². The van der Waals surface area contributed by atoms with Gasteiger partial charge in [0, 0.05) is 12.0 Å². The Labute approximate surface area is 144 Å². The quantitative estimate of drug-likeness (QED) is 0.357. The number of benzene rings is 2. The minimum Gasteiger partial charge on any atom is -0.503 e. The number of hydrogen-bond donors (Lipinski definition) is 2. The highest BCUT2D eigenvalue weighted by molar-refractivity contribution is 6.02. The number of nitrogens with two attached hydrogens (primary N) is 1. The number of ketones is 1. The average Bonchev–Trinajstić information content (AvgIpc) is 2.63. The molecule has 0 unspecified atom stereocenters. The van der Waals surface area contributed by atoms with Gasteiger partial charge in [0.05, 0.1) is 38.1 Å². The molecular weight excluding hydrogens is 326 g/mol. The van der Waals surface area contributed by atoms with Gasteiger partial charge in [-0.05, 0) is 24.3 Å². The zero-order chi connectivity index (χ0) is 18.6. The Morgan fingerprint density at radius 3 is 2.40 bits per heavy atom. The Morgan fingerprint density at radius 1 is 1.08 bits per heavy atom. The van der Waals surface area contributed by atoms with Crippen LogP contribution in [0.3, 0.4) is 0 Å². The van der Waals surface area contributed by atoms with Crippen LogP contribution >= 0.6 is 0 Å². The first kappa shape index (κ1) is 18.1. The number of Topliss-reactive ketones (excluding diaryl/α,β-unsaturated/α-hetero) is 1. The van der Waals surface area contributed by atoms with Gasteiger partial charge < -0.3 is 25.1 Å². The van der Waals surface area contributed by atoms with Gasteiger partial charge in [-0.3, -0.25) is 4.79 Å².